The summed E-state index contributed by atoms with van der Waals surface area (Å²) >= 11 is 0. The number of rotatable bonds is 3. The van der Waals surface area contributed by atoms with E-state index in [1.54, 1.807) is 4.90 Å². The first-order chi connectivity index (χ1) is 7.31. The summed E-state index contributed by atoms with van der Waals surface area (Å²) in [5, 5.41) is 9.06. The van der Waals surface area contributed by atoms with Gasteiger partial charge in [-0.05, 0) is 5.56 Å². The highest BCUT2D eigenvalue weighted by molar-refractivity contribution is 5.70. The lowest BCUT2D eigenvalue weighted by molar-refractivity contribution is 0.151. The Morgan fingerprint density at radius 1 is 1.40 bits per heavy atom. The van der Waals surface area contributed by atoms with Crippen LogP contribution in [-0.4, -0.2) is 35.4 Å². The SMILES string of the molecule is O=C1OCC(CO)N1Cc1ccccc1. The van der Waals surface area contributed by atoms with Crippen molar-refractivity contribution in [3.63, 3.8) is 0 Å². The minimum Gasteiger partial charge on any atom is -0.447 e. The topological polar surface area (TPSA) is 49.8 Å². The molecule has 0 aliphatic carbocycles. The molecule has 1 aromatic rings. The molecule has 1 unspecified atom stereocenters. The summed E-state index contributed by atoms with van der Waals surface area (Å²) in [6.45, 7) is 0.714. The van der Waals surface area contributed by atoms with Gasteiger partial charge >= 0.3 is 6.09 Å². The zero-order chi connectivity index (χ0) is 10.7. The Hall–Kier alpha value is -1.55. The standard InChI is InChI=1S/C11H13NO3/c13-7-10-8-15-11(14)12(10)6-9-4-2-1-3-5-9/h1-5,10,13H,6-8H2. The predicted molar refractivity (Wildman–Crippen MR) is 54.2 cm³/mol. The van der Waals surface area contributed by atoms with Gasteiger partial charge in [-0.2, -0.15) is 0 Å². The summed E-state index contributed by atoms with van der Waals surface area (Å²) in [5.74, 6) is 0. The third-order valence-corrected chi connectivity index (χ3v) is 2.48. The fourth-order valence-corrected chi connectivity index (χ4v) is 1.61. The molecule has 1 atom stereocenters. The lowest BCUT2D eigenvalue weighted by Gasteiger charge is -2.19. The van der Waals surface area contributed by atoms with Crippen LogP contribution in [0.2, 0.25) is 0 Å². The molecule has 1 N–H and O–H groups in total. The lowest BCUT2D eigenvalue weighted by Crippen LogP contribution is -2.35. The average molecular weight is 207 g/mol. The van der Waals surface area contributed by atoms with Crippen molar-refractivity contribution in [2.75, 3.05) is 13.2 Å². The van der Waals surface area contributed by atoms with E-state index in [-0.39, 0.29) is 25.3 Å². The largest absolute Gasteiger partial charge is 0.447 e. The van der Waals surface area contributed by atoms with Crippen molar-refractivity contribution in [2.24, 2.45) is 0 Å². The summed E-state index contributed by atoms with van der Waals surface area (Å²) in [6.07, 6.45) is -0.349. The highest BCUT2D eigenvalue weighted by atomic mass is 16.6. The first kappa shape index (κ1) is 9.98. The van der Waals surface area contributed by atoms with Crippen molar-refractivity contribution in [1.29, 1.82) is 0 Å². The number of aliphatic hydroxyl groups is 1. The molecule has 2 rings (SSSR count). The van der Waals surface area contributed by atoms with Crippen LogP contribution in [0.15, 0.2) is 30.3 Å². The number of hydrogen-bond donors (Lipinski definition) is 1. The molecule has 0 spiro atoms. The van der Waals surface area contributed by atoms with Crippen molar-refractivity contribution in [3.8, 4) is 0 Å². The van der Waals surface area contributed by atoms with Crippen molar-refractivity contribution in [2.45, 2.75) is 12.6 Å². The molecular formula is C11H13NO3. The number of aliphatic hydroxyl groups excluding tert-OH is 1. The molecule has 1 aromatic carbocycles. The van der Waals surface area contributed by atoms with Crippen LogP contribution in [0, 0.1) is 0 Å². The maximum absolute atomic E-state index is 11.3. The van der Waals surface area contributed by atoms with E-state index in [9.17, 15) is 4.79 Å². The Morgan fingerprint density at radius 2 is 2.13 bits per heavy atom. The van der Waals surface area contributed by atoms with Crippen LogP contribution >= 0.6 is 0 Å². The maximum Gasteiger partial charge on any atom is 0.410 e. The number of carbonyl (C=O) groups excluding carboxylic acids is 1. The van der Waals surface area contributed by atoms with Crippen molar-refractivity contribution >= 4 is 6.09 Å². The number of ether oxygens (including phenoxy) is 1. The molecule has 0 bridgehead atoms. The van der Waals surface area contributed by atoms with Crippen LogP contribution in [-0.2, 0) is 11.3 Å². The monoisotopic (exact) mass is 207 g/mol. The van der Waals surface area contributed by atoms with E-state index in [0.29, 0.717) is 6.54 Å². The van der Waals surface area contributed by atoms with Gasteiger partial charge in [0.15, 0.2) is 0 Å². The summed E-state index contributed by atoms with van der Waals surface area (Å²) in [5.41, 5.74) is 1.04. The van der Waals surface area contributed by atoms with Crippen molar-refractivity contribution in [1.82, 2.24) is 4.90 Å². The van der Waals surface area contributed by atoms with Gasteiger partial charge < -0.3 is 9.84 Å². The maximum atomic E-state index is 11.3. The van der Waals surface area contributed by atoms with Crippen LogP contribution in [0.5, 0.6) is 0 Å². The molecule has 4 heteroatoms. The van der Waals surface area contributed by atoms with Crippen LogP contribution in [0.25, 0.3) is 0 Å². The second kappa shape index (κ2) is 4.31. The van der Waals surface area contributed by atoms with Crippen LogP contribution in [0.1, 0.15) is 5.56 Å². The number of benzene rings is 1. The number of nitrogens with zero attached hydrogens (tertiary/aromatic N) is 1. The first-order valence-corrected chi connectivity index (χ1v) is 4.89. The van der Waals surface area contributed by atoms with E-state index < -0.39 is 0 Å². The molecule has 15 heavy (non-hydrogen) atoms. The van der Waals surface area contributed by atoms with Crippen LogP contribution in [0.3, 0.4) is 0 Å². The molecule has 1 aliphatic heterocycles. The first-order valence-electron chi connectivity index (χ1n) is 4.89. The van der Waals surface area contributed by atoms with Gasteiger partial charge in [-0.25, -0.2) is 4.79 Å². The molecular weight excluding hydrogens is 194 g/mol. The molecule has 0 aromatic heterocycles. The van der Waals surface area contributed by atoms with E-state index in [1.807, 2.05) is 30.3 Å². The summed E-state index contributed by atoms with van der Waals surface area (Å²) in [4.78, 5) is 12.9. The van der Waals surface area contributed by atoms with Gasteiger partial charge in [0.2, 0.25) is 0 Å². The van der Waals surface area contributed by atoms with Gasteiger partial charge in [-0.1, -0.05) is 30.3 Å². The van der Waals surface area contributed by atoms with Crippen LogP contribution < -0.4 is 0 Å². The van der Waals surface area contributed by atoms with Crippen molar-refractivity contribution < 1.29 is 14.6 Å². The molecule has 4 nitrogen and oxygen atoms in total. The van der Waals surface area contributed by atoms with E-state index >= 15 is 0 Å². The molecule has 1 amide bonds. The molecule has 1 aliphatic rings. The fourth-order valence-electron chi connectivity index (χ4n) is 1.61. The Labute approximate surface area is 88.1 Å². The Bertz CT molecular complexity index is 339. The Balaban J connectivity index is 2.07. The average Bonchev–Trinajstić information content (AvgIpc) is 2.62. The molecule has 1 saturated heterocycles. The van der Waals surface area contributed by atoms with Crippen LogP contribution in [0.4, 0.5) is 4.79 Å². The Kier molecular flexibility index (Phi) is 2.87. The quantitative estimate of drug-likeness (QED) is 0.804. The van der Waals surface area contributed by atoms with Gasteiger partial charge in [0.1, 0.15) is 6.61 Å². The van der Waals surface area contributed by atoms with Gasteiger partial charge in [-0.3, -0.25) is 4.90 Å². The van der Waals surface area contributed by atoms with Crippen molar-refractivity contribution in [3.05, 3.63) is 35.9 Å². The summed E-state index contributed by atoms with van der Waals surface area (Å²) in [7, 11) is 0. The second-order valence-electron chi connectivity index (χ2n) is 3.53. The zero-order valence-electron chi connectivity index (χ0n) is 8.30. The number of carbonyl (C=O) groups is 1. The molecule has 0 saturated carbocycles. The summed E-state index contributed by atoms with van der Waals surface area (Å²) in [6, 6.07) is 9.45. The third-order valence-electron chi connectivity index (χ3n) is 2.48. The van der Waals surface area contributed by atoms with Gasteiger partial charge in [-0.15, -0.1) is 0 Å². The second-order valence-corrected chi connectivity index (χ2v) is 3.53. The van der Waals surface area contributed by atoms with Gasteiger partial charge in [0.25, 0.3) is 0 Å². The molecule has 1 fully saturated rings. The number of hydrogen-bond acceptors (Lipinski definition) is 3. The lowest BCUT2D eigenvalue weighted by atomic mass is 10.2. The highest BCUT2D eigenvalue weighted by Crippen LogP contribution is 2.15. The Morgan fingerprint density at radius 3 is 2.80 bits per heavy atom. The normalized spacial score (nSPS) is 20.5. The van der Waals surface area contributed by atoms with E-state index in [1.165, 1.54) is 0 Å². The van der Waals surface area contributed by atoms with E-state index in [4.69, 9.17) is 9.84 Å². The smallest absolute Gasteiger partial charge is 0.410 e. The van der Waals surface area contributed by atoms with Gasteiger partial charge in [0, 0.05) is 6.54 Å². The number of amides is 1. The minimum atomic E-state index is -0.349. The molecule has 1 heterocycles. The van der Waals surface area contributed by atoms with E-state index in [2.05, 4.69) is 0 Å². The molecule has 0 radical (unpaired) electrons. The fraction of sp³-hybridized carbons (Fsp3) is 0.364. The van der Waals surface area contributed by atoms with E-state index in [0.717, 1.165) is 5.56 Å². The zero-order valence-corrected chi connectivity index (χ0v) is 8.30. The minimum absolute atomic E-state index is 0.0570. The predicted octanol–water partition coefficient (Wildman–Crippen LogP) is 1.000. The number of cyclic esters (lactones) is 1. The van der Waals surface area contributed by atoms with Gasteiger partial charge in [0.05, 0.1) is 12.6 Å². The highest BCUT2D eigenvalue weighted by Gasteiger charge is 2.31. The third kappa shape index (κ3) is 2.10. The molecule has 80 valence electrons. The summed E-state index contributed by atoms with van der Waals surface area (Å²) < 4.78 is 4.87.